The fourth-order valence-electron chi connectivity index (χ4n) is 2.83. The van der Waals surface area contributed by atoms with Crippen molar-refractivity contribution in [1.82, 2.24) is 19.9 Å². The van der Waals surface area contributed by atoms with Crippen molar-refractivity contribution in [1.29, 1.82) is 0 Å². The van der Waals surface area contributed by atoms with E-state index in [-0.39, 0.29) is 6.10 Å². The van der Waals surface area contributed by atoms with Crippen molar-refractivity contribution in [3.63, 3.8) is 0 Å². The Hall–Kier alpha value is -2.60. The summed E-state index contributed by atoms with van der Waals surface area (Å²) in [6.07, 6.45) is 3.38. The molecule has 0 bridgehead atoms. The highest BCUT2D eigenvalue weighted by atomic mass is 16.5. The van der Waals surface area contributed by atoms with E-state index in [1.165, 1.54) is 6.33 Å². The third-order valence-electron chi connectivity index (χ3n) is 3.92. The van der Waals surface area contributed by atoms with Gasteiger partial charge >= 0.3 is 0 Å². The minimum absolute atomic E-state index is 0.176. The van der Waals surface area contributed by atoms with Gasteiger partial charge in [0.1, 0.15) is 17.5 Å². The third kappa shape index (κ3) is 2.73. The topological polar surface area (TPSA) is 64.0 Å². The van der Waals surface area contributed by atoms with E-state index in [9.17, 15) is 0 Å². The molecular formula is C17H17N5O. The van der Waals surface area contributed by atoms with Crippen LogP contribution in [0.25, 0.3) is 22.4 Å². The molecule has 0 saturated carbocycles. The van der Waals surface area contributed by atoms with Gasteiger partial charge in [0.25, 0.3) is 0 Å². The van der Waals surface area contributed by atoms with Crippen molar-refractivity contribution >= 4 is 17.0 Å². The van der Waals surface area contributed by atoms with Crippen molar-refractivity contribution in [3.05, 3.63) is 42.9 Å². The van der Waals surface area contributed by atoms with Gasteiger partial charge < -0.3 is 9.64 Å². The monoisotopic (exact) mass is 307 g/mol. The van der Waals surface area contributed by atoms with Crippen molar-refractivity contribution < 1.29 is 4.74 Å². The average Bonchev–Trinajstić information content (AvgIpc) is 2.61. The first-order chi connectivity index (χ1) is 11.3. The molecule has 23 heavy (non-hydrogen) atoms. The van der Waals surface area contributed by atoms with Crippen LogP contribution in [0.15, 0.2) is 42.9 Å². The van der Waals surface area contributed by atoms with Crippen LogP contribution in [0.5, 0.6) is 0 Å². The number of morpholine rings is 1. The molecule has 1 aliphatic heterocycles. The first kappa shape index (κ1) is 14.0. The Morgan fingerprint density at radius 1 is 1.17 bits per heavy atom. The summed E-state index contributed by atoms with van der Waals surface area (Å²) in [6.45, 7) is 4.37. The van der Waals surface area contributed by atoms with Crippen molar-refractivity contribution in [2.75, 3.05) is 24.6 Å². The first-order valence-electron chi connectivity index (χ1n) is 7.71. The van der Waals surface area contributed by atoms with Crippen molar-refractivity contribution in [2.24, 2.45) is 0 Å². The first-order valence-corrected chi connectivity index (χ1v) is 7.71. The molecule has 1 unspecified atom stereocenters. The number of benzene rings is 1. The number of aromatic nitrogens is 4. The molecular weight excluding hydrogens is 290 g/mol. The van der Waals surface area contributed by atoms with E-state index in [0.29, 0.717) is 17.8 Å². The minimum Gasteiger partial charge on any atom is -0.375 e. The minimum atomic E-state index is 0.176. The lowest BCUT2D eigenvalue weighted by Gasteiger charge is -2.32. The van der Waals surface area contributed by atoms with E-state index in [1.54, 1.807) is 6.20 Å². The SMILES string of the molecule is CC1CN(c2nc3ncncc3nc2-c2ccccc2)CCO1. The van der Waals surface area contributed by atoms with Crippen molar-refractivity contribution in [2.45, 2.75) is 13.0 Å². The summed E-state index contributed by atoms with van der Waals surface area (Å²) in [6, 6.07) is 10.1. The van der Waals surface area contributed by atoms with Gasteiger partial charge in [-0.25, -0.2) is 19.9 Å². The summed E-state index contributed by atoms with van der Waals surface area (Å²) in [5.41, 5.74) is 3.23. The Morgan fingerprint density at radius 3 is 2.87 bits per heavy atom. The predicted molar refractivity (Wildman–Crippen MR) is 88.2 cm³/mol. The highest BCUT2D eigenvalue weighted by molar-refractivity contribution is 5.81. The lowest BCUT2D eigenvalue weighted by molar-refractivity contribution is 0.0530. The molecule has 116 valence electrons. The highest BCUT2D eigenvalue weighted by Gasteiger charge is 2.23. The second-order valence-electron chi connectivity index (χ2n) is 5.62. The number of anilines is 1. The molecule has 3 aromatic rings. The van der Waals surface area contributed by atoms with Crippen LogP contribution in [0.1, 0.15) is 6.92 Å². The van der Waals surface area contributed by atoms with Gasteiger partial charge in [0, 0.05) is 18.7 Å². The number of ether oxygens (including phenoxy) is 1. The summed E-state index contributed by atoms with van der Waals surface area (Å²) in [5.74, 6) is 0.859. The smallest absolute Gasteiger partial charge is 0.183 e. The molecule has 1 aliphatic rings. The van der Waals surface area contributed by atoms with Crippen molar-refractivity contribution in [3.8, 4) is 11.3 Å². The normalized spacial score (nSPS) is 18.3. The summed E-state index contributed by atoms with van der Waals surface area (Å²) < 4.78 is 5.65. The summed E-state index contributed by atoms with van der Waals surface area (Å²) in [4.78, 5) is 20.1. The fourth-order valence-corrected chi connectivity index (χ4v) is 2.83. The zero-order valence-electron chi connectivity index (χ0n) is 12.9. The molecule has 3 heterocycles. The molecule has 4 rings (SSSR count). The molecule has 0 aliphatic carbocycles. The van der Waals surface area contributed by atoms with Crippen LogP contribution in [-0.2, 0) is 4.74 Å². The summed E-state index contributed by atoms with van der Waals surface area (Å²) in [5, 5.41) is 0. The Kier molecular flexibility index (Phi) is 3.59. The van der Waals surface area contributed by atoms with E-state index in [2.05, 4.69) is 21.8 Å². The second-order valence-corrected chi connectivity index (χ2v) is 5.62. The maximum Gasteiger partial charge on any atom is 0.183 e. The van der Waals surface area contributed by atoms with Crippen LogP contribution in [0, 0.1) is 0 Å². The molecule has 1 fully saturated rings. The maximum absolute atomic E-state index is 5.65. The maximum atomic E-state index is 5.65. The number of fused-ring (bicyclic) bond motifs is 1. The largest absolute Gasteiger partial charge is 0.375 e. The van der Waals surface area contributed by atoms with E-state index in [1.807, 2.05) is 30.3 Å². The number of hydrogen-bond donors (Lipinski definition) is 0. The van der Waals surface area contributed by atoms with Gasteiger partial charge in [-0.2, -0.15) is 0 Å². The van der Waals surface area contributed by atoms with Gasteiger partial charge in [0.05, 0.1) is 18.9 Å². The van der Waals surface area contributed by atoms with Gasteiger partial charge in [-0.3, -0.25) is 0 Å². The third-order valence-corrected chi connectivity index (χ3v) is 3.92. The lowest BCUT2D eigenvalue weighted by atomic mass is 10.1. The van der Waals surface area contributed by atoms with Crippen LogP contribution < -0.4 is 4.90 Å². The molecule has 0 amide bonds. The number of hydrogen-bond acceptors (Lipinski definition) is 6. The Balaban J connectivity index is 1.89. The number of nitrogens with zero attached hydrogens (tertiary/aromatic N) is 5. The van der Waals surface area contributed by atoms with Crippen LogP contribution in [0.3, 0.4) is 0 Å². The summed E-state index contributed by atoms with van der Waals surface area (Å²) >= 11 is 0. The lowest BCUT2D eigenvalue weighted by Crippen LogP contribution is -2.41. The molecule has 2 aromatic heterocycles. The van der Waals surface area contributed by atoms with Crippen LogP contribution in [0.4, 0.5) is 5.82 Å². The molecule has 1 atom stereocenters. The molecule has 0 N–H and O–H groups in total. The van der Waals surface area contributed by atoms with Crippen LogP contribution in [-0.4, -0.2) is 45.7 Å². The van der Waals surface area contributed by atoms with Crippen LogP contribution >= 0.6 is 0 Å². The molecule has 0 radical (unpaired) electrons. The molecule has 6 heteroatoms. The van der Waals surface area contributed by atoms with Gasteiger partial charge in [0.2, 0.25) is 0 Å². The van der Waals surface area contributed by atoms with E-state index < -0.39 is 0 Å². The van der Waals surface area contributed by atoms with E-state index >= 15 is 0 Å². The Morgan fingerprint density at radius 2 is 2.04 bits per heavy atom. The Bertz CT molecular complexity index is 824. The number of rotatable bonds is 2. The van der Waals surface area contributed by atoms with E-state index in [0.717, 1.165) is 30.2 Å². The molecule has 6 nitrogen and oxygen atoms in total. The molecule has 0 spiro atoms. The quantitative estimate of drug-likeness (QED) is 0.724. The second kappa shape index (κ2) is 5.89. The predicted octanol–water partition coefficient (Wildman–Crippen LogP) is 2.31. The van der Waals surface area contributed by atoms with Crippen LogP contribution in [0.2, 0.25) is 0 Å². The average molecular weight is 307 g/mol. The molecule has 1 aromatic carbocycles. The van der Waals surface area contributed by atoms with E-state index in [4.69, 9.17) is 14.7 Å². The van der Waals surface area contributed by atoms with Gasteiger partial charge in [0.15, 0.2) is 11.5 Å². The van der Waals surface area contributed by atoms with Gasteiger partial charge in [-0.05, 0) is 6.92 Å². The van der Waals surface area contributed by atoms with Gasteiger partial charge in [-0.15, -0.1) is 0 Å². The fraction of sp³-hybridized carbons (Fsp3) is 0.294. The standard InChI is InChI=1S/C17H17N5O/c1-12-10-22(7-8-23-12)17-15(13-5-3-2-4-6-13)20-14-9-18-11-19-16(14)21-17/h2-6,9,11-12H,7-8,10H2,1H3. The zero-order chi connectivity index (χ0) is 15.6. The Labute approximate surface area is 134 Å². The summed E-state index contributed by atoms with van der Waals surface area (Å²) in [7, 11) is 0. The highest BCUT2D eigenvalue weighted by Crippen LogP contribution is 2.29. The van der Waals surface area contributed by atoms with Gasteiger partial charge in [-0.1, -0.05) is 30.3 Å². The molecule has 1 saturated heterocycles. The zero-order valence-corrected chi connectivity index (χ0v) is 12.9.